The summed E-state index contributed by atoms with van der Waals surface area (Å²) in [6, 6.07) is 7.82. The largest absolute Gasteiger partial charge is 0.489 e. The average molecular weight is 357 g/mol. The third kappa shape index (κ3) is 4.01. The maximum atomic E-state index is 13.0. The SMILES string of the molecule is COC(=O)c1ccc(COc2cc(F)cc(F)c2)c(Br)c1. The minimum atomic E-state index is -0.704. The van der Waals surface area contributed by atoms with E-state index in [1.807, 2.05) is 0 Å². The molecule has 2 rings (SSSR count). The summed E-state index contributed by atoms with van der Waals surface area (Å²) in [6.45, 7) is 0.102. The first-order valence-corrected chi connectivity index (χ1v) is 6.74. The van der Waals surface area contributed by atoms with Gasteiger partial charge in [-0.25, -0.2) is 13.6 Å². The van der Waals surface area contributed by atoms with Crippen LogP contribution in [0.25, 0.3) is 0 Å². The van der Waals surface area contributed by atoms with Gasteiger partial charge >= 0.3 is 5.97 Å². The molecule has 6 heteroatoms. The summed E-state index contributed by atoms with van der Waals surface area (Å²) in [5.41, 5.74) is 1.12. The highest BCUT2D eigenvalue weighted by Crippen LogP contribution is 2.22. The van der Waals surface area contributed by atoms with Gasteiger partial charge in [0.15, 0.2) is 0 Å². The summed E-state index contributed by atoms with van der Waals surface area (Å²) in [4.78, 5) is 11.4. The standard InChI is InChI=1S/C15H11BrF2O3/c1-20-15(19)9-2-3-10(14(16)4-9)8-21-13-6-11(17)5-12(18)7-13/h2-7H,8H2,1H3. The zero-order valence-corrected chi connectivity index (χ0v) is 12.6. The first-order valence-electron chi connectivity index (χ1n) is 5.95. The van der Waals surface area contributed by atoms with Crippen molar-refractivity contribution in [3.63, 3.8) is 0 Å². The third-order valence-corrected chi connectivity index (χ3v) is 3.44. The van der Waals surface area contributed by atoms with E-state index >= 15 is 0 Å². The number of carbonyl (C=O) groups excluding carboxylic acids is 1. The van der Waals surface area contributed by atoms with Crippen LogP contribution in [-0.2, 0) is 11.3 Å². The van der Waals surface area contributed by atoms with Gasteiger partial charge in [-0.05, 0) is 12.1 Å². The molecule has 3 nitrogen and oxygen atoms in total. The topological polar surface area (TPSA) is 35.5 Å². The van der Waals surface area contributed by atoms with Crippen LogP contribution in [0.2, 0.25) is 0 Å². The van der Waals surface area contributed by atoms with Gasteiger partial charge in [0.1, 0.15) is 24.0 Å². The van der Waals surface area contributed by atoms with Crippen molar-refractivity contribution in [1.82, 2.24) is 0 Å². The molecule has 0 amide bonds. The van der Waals surface area contributed by atoms with Gasteiger partial charge in [0.25, 0.3) is 0 Å². The highest BCUT2D eigenvalue weighted by molar-refractivity contribution is 9.10. The summed E-state index contributed by atoms with van der Waals surface area (Å²) in [7, 11) is 1.30. The maximum Gasteiger partial charge on any atom is 0.337 e. The molecular formula is C15H11BrF2O3. The van der Waals surface area contributed by atoms with E-state index in [0.717, 1.165) is 23.8 Å². The molecule has 0 aliphatic rings. The smallest absolute Gasteiger partial charge is 0.337 e. The molecule has 0 bridgehead atoms. The zero-order valence-electron chi connectivity index (χ0n) is 11.0. The second kappa shape index (κ2) is 6.67. The van der Waals surface area contributed by atoms with Crippen molar-refractivity contribution in [3.05, 3.63) is 63.6 Å². The lowest BCUT2D eigenvalue weighted by atomic mass is 10.1. The Morgan fingerprint density at radius 1 is 1.14 bits per heavy atom. The molecule has 0 aromatic heterocycles. The summed E-state index contributed by atoms with van der Waals surface area (Å²) < 4.78 is 36.7. The predicted octanol–water partition coefficient (Wildman–Crippen LogP) is 4.09. The van der Waals surface area contributed by atoms with Crippen molar-refractivity contribution in [2.45, 2.75) is 6.61 Å². The molecule has 0 saturated heterocycles. The van der Waals surface area contributed by atoms with Gasteiger partial charge < -0.3 is 9.47 Å². The molecule has 0 atom stereocenters. The van der Waals surface area contributed by atoms with Gasteiger partial charge in [-0.15, -0.1) is 0 Å². The second-order valence-electron chi connectivity index (χ2n) is 4.19. The molecule has 0 radical (unpaired) electrons. The van der Waals surface area contributed by atoms with E-state index in [9.17, 15) is 13.6 Å². The molecule has 0 heterocycles. The number of halogens is 3. The highest BCUT2D eigenvalue weighted by atomic mass is 79.9. The van der Waals surface area contributed by atoms with Crippen molar-refractivity contribution in [1.29, 1.82) is 0 Å². The molecule has 0 aliphatic heterocycles. The predicted molar refractivity (Wildman–Crippen MR) is 76.2 cm³/mol. The van der Waals surface area contributed by atoms with Crippen molar-refractivity contribution in [2.75, 3.05) is 7.11 Å². The molecule has 0 spiro atoms. The van der Waals surface area contributed by atoms with Crippen LogP contribution in [0.5, 0.6) is 5.75 Å². The van der Waals surface area contributed by atoms with Gasteiger partial charge in [0.2, 0.25) is 0 Å². The molecule has 2 aromatic rings. The monoisotopic (exact) mass is 356 g/mol. The fraction of sp³-hybridized carbons (Fsp3) is 0.133. The summed E-state index contributed by atoms with van der Waals surface area (Å²) >= 11 is 3.31. The number of carbonyl (C=O) groups is 1. The van der Waals surface area contributed by atoms with Gasteiger partial charge in [-0.2, -0.15) is 0 Å². The summed E-state index contributed by atoms with van der Waals surface area (Å²) in [5, 5.41) is 0. The molecule has 2 aromatic carbocycles. The van der Waals surface area contributed by atoms with E-state index in [-0.39, 0.29) is 12.4 Å². The molecule has 0 unspecified atom stereocenters. The number of benzene rings is 2. The van der Waals surface area contributed by atoms with E-state index in [2.05, 4.69) is 20.7 Å². The van der Waals surface area contributed by atoms with Crippen molar-refractivity contribution < 1.29 is 23.0 Å². The third-order valence-electron chi connectivity index (χ3n) is 2.70. The van der Waals surface area contributed by atoms with E-state index in [4.69, 9.17) is 4.74 Å². The summed E-state index contributed by atoms with van der Waals surface area (Å²) in [6.07, 6.45) is 0. The first-order chi connectivity index (χ1) is 9.99. The Hall–Kier alpha value is -1.95. The van der Waals surface area contributed by atoms with E-state index < -0.39 is 17.6 Å². The molecule has 0 saturated carbocycles. The van der Waals surface area contributed by atoms with Crippen LogP contribution in [-0.4, -0.2) is 13.1 Å². The molecular weight excluding hydrogens is 346 g/mol. The Morgan fingerprint density at radius 3 is 2.38 bits per heavy atom. The van der Waals surface area contributed by atoms with Crippen LogP contribution in [0.15, 0.2) is 40.9 Å². The van der Waals surface area contributed by atoms with Gasteiger partial charge in [-0.1, -0.05) is 22.0 Å². The molecule has 0 N–H and O–H groups in total. The van der Waals surface area contributed by atoms with E-state index in [0.29, 0.717) is 10.0 Å². The molecule has 0 aliphatic carbocycles. The Kier molecular flexibility index (Phi) is 4.90. The highest BCUT2D eigenvalue weighted by Gasteiger charge is 2.09. The number of hydrogen-bond donors (Lipinski definition) is 0. The van der Waals surface area contributed by atoms with Crippen molar-refractivity contribution >= 4 is 21.9 Å². The normalized spacial score (nSPS) is 10.3. The van der Waals surface area contributed by atoms with Crippen LogP contribution in [0.4, 0.5) is 8.78 Å². The summed E-state index contributed by atoms with van der Waals surface area (Å²) in [5.74, 6) is -1.76. The minimum Gasteiger partial charge on any atom is -0.489 e. The Labute approximate surface area is 128 Å². The number of esters is 1. The maximum absolute atomic E-state index is 13.0. The Balaban J connectivity index is 2.11. The molecule has 110 valence electrons. The lowest BCUT2D eigenvalue weighted by Gasteiger charge is -2.09. The van der Waals surface area contributed by atoms with E-state index in [1.165, 1.54) is 7.11 Å². The van der Waals surface area contributed by atoms with Crippen LogP contribution in [0.1, 0.15) is 15.9 Å². The zero-order chi connectivity index (χ0) is 15.4. The molecule has 0 fully saturated rings. The van der Waals surface area contributed by atoms with Gasteiger partial charge in [0.05, 0.1) is 12.7 Å². The fourth-order valence-corrected chi connectivity index (χ4v) is 2.18. The Bertz CT molecular complexity index is 654. The van der Waals surface area contributed by atoms with Gasteiger partial charge in [0, 0.05) is 28.2 Å². The minimum absolute atomic E-state index is 0.0939. The van der Waals surface area contributed by atoms with Crippen molar-refractivity contribution in [2.24, 2.45) is 0 Å². The Morgan fingerprint density at radius 2 is 1.81 bits per heavy atom. The lowest BCUT2D eigenvalue weighted by Crippen LogP contribution is -2.03. The average Bonchev–Trinajstić information content (AvgIpc) is 2.44. The number of rotatable bonds is 4. The number of ether oxygens (including phenoxy) is 2. The van der Waals surface area contributed by atoms with Crippen LogP contribution in [0.3, 0.4) is 0 Å². The van der Waals surface area contributed by atoms with Crippen LogP contribution in [0, 0.1) is 11.6 Å². The van der Waals surface area contributed by atoms with Crippen molar-refractivity contribution in [3.8, 4) is 5.75 Å². The second-order valence-corrected chi connectivity index (χ2v) is 5.05. The quantitative estimate of drug-likeness (QED) is 0.774. The lowest BCUT2D eigenvalue weighted by molar-refractivity contribution is 0.0600. The van der Waals surface area contributed by atoms with E-state index in [1.54, 1.807) is 18.2 Å². The van der Waals surface area contributed by atoms with Gasteiger partial charge in [-0.3, -0.25) is 0 Å². The fourth-order valence-electron chi connectivity index (χ4n) is 1.68. The van der Waals surface area contributed by atoms with Crippen LogP contribution < -0.4 is 4.74 Å². The molecule has 21 heavy (non-hydrogen) atoms. The van der Waals surface area contributed by atoms with Crippen LogP contribution >= 0.6 is 15.9 Å². The number of hydrogen-bond acceptors (Lipinski definition) is 3. The number of methoxy groups -OCH3 is 1. The first kappa shape index (κ1) is 15.4.